The van der Waals surface area contributed by atoms with Gasteiger partial charge in [0.1, 0.15) is 6.04 Å². The molecule has 4 amide bonds. The van der Waals surface area contributed by atoms with E-state index in [0.29, 0.717) is 23.7 Å². The average molecular weight is 412 g/mol. The second-order valence-corrected chi connectivity index (χ2v) is 8.54. The Bertz CT molecular complexity index is 878. The molecule has 2 fully saturated rings. The van der Waals surface area contributed by atoms with E-state index in [4.69, 9.17) is 0 Å². The monoisotopic (exact) mass is 412 g/mol. The summed E-state index contributed by atoms with van der Waals surface area (Å²) in [6, 6.07) is 4.68. The van der Waals surface area contributed by atoms with Crippen molar-refractivity contribution in [1.29, 1.82) is 0 Å². The van der Waals surface area contributed by atoms with Crippen LogP contribution in [0, 0.1) is 5.92 Å². The zero-order chi connectivity index (χ0) is 21.3. The second kappa shape index (κ2) is 8.65. The van der Waals surface area contributed by atoms with Crippen molar-refractivity contribution in [2.24, 2.45) is 5.92 Å². The summed E-state index contributed by atoms with van der Waals surface area (Å²) in [6.07, 6.45) is 3.81. The molecule has 3 heterocycles. The standard InChI is InChI=1S/C22H28N4O4/c1-13(10-14-6-8-23-9-7-14)24-12-15-2-3-16-17(11-15)22(30)26(21(16)29)18-4-5-19(27)25-20(18)28/h2-3,11,13-14,18,23-24H,4-10,12H2,1H3,(H,25,27,28). The summed E-state index contributed by atoms with van der Waals surface area (Å²) in [5.74, 6) is -1.17. The Morgan fingerprint density at radius 2 is 1.80 bits per heavy atom. The van der Waals surface area contributed by atoms with Crippen molar-refractivity contribution in [3.63, 3.8) is 0 Å². The second-order valence-electron chi connectivity index (χ2n) is 8.54. The highest BCUT2D eigenvalue weighted by atomic mass is 16.2. The number of nitrogens with zero attached hydrogens (tertiary/aromatic N) is 1. The molecule has 3 aliphatic rings. The third kappa shape index (κ3) is 4.15. The van der Waals surface area contributed by atoms with Gasteiger partial charge in [-0.05, 0) is 69.3 Å². The summed E-state index contributed by atoms with van der Waals surface area (Å²) in [7, 11) is 0. The fourth-order valence-electron chi connectivity index (χ4n) is 4.62. The zero-order valence-electron chi connectivity index (χ0n) is 17.2. The molecule has 0 saturated carbocycles. The average Bonchev–Trinajstić information content (AvgIpc) is 2.97. The smallest absolute Gasteiger partial charge is 0.262 e. The molecule has 0 aromatic heterocycles. The molecule has 1 aromatic carbocycles. The summed E-state index contributed by atoms with van der Waals surface area (Å²) in [5.41, 5.74) is 1.57. The lowest BCUT2D eigenvalue weighted by Gasteiger charge is -2.27. The fraction of sp³-hybridized carbons (Fsp3) is 0.545. The Hall–Kier alpha value is -2.58. The normalized spacial score (nSPS) is 23.5. The van der Waals surface area contributed by atoms with Crippen LogP contribution in [-0.2, 0) is 16.1 Å². The Morgan fingerprint density at radius 1 is 1.07 bits per heavy atom. The minimum Gasteiger partial charge on any atom is -0.317 e. The molecule has 30 heavy (non-hydrogen) atoms. The van der Waals surface area contributed by atoms with Gasteiger partial charge in [-0.2, -0.15) is 0 Å². The van der Waals surface area contributed by atoms with E-state index in [1.807, 2.05) is 6.07 Å². The number of fused-ring (bicyclic) bond motifs is 1. The molecule has 4 rings (SSSR count). The van der Waals surface area contributed by atoms with Gasteiger partial charge in [0.05, 0.1) is 11.1 Å². The lowest BCUT2D eigenvalue weighted by Crippen LogP contribution is -2.54. The third-order valence-electron chi connectivity index (χ3n) is 6.30. The first-order valence-electron chi connectivity index (χ1n) is 10.7. The molecule has 2 unspecified atom stereocenters. The molecule has 2 saturated heterocycles. The first kappa shape index (κ1) is 20.7. The van der Waals surface area contributed by atoms with Gasteiger partial charge in [-0.1, -0.05) is 6.07 Å². The van der Waals surface area contributed by atoms with Gasteiger partial charge in [0.25, 0.3) is 11.8 Å². The number of hydrogen-bond acceptors (Lipinski definition) is 6. The van der Waals surface area contributed by atoms with Gasteiger partial charge in [-0.25, -0.2) is 0 Å². The summed E-state index contributed by atoms with van der Waals surface area (Å²) < 4.78 is 0. The van der Waals surface area contributed by atoms with E-state index in [0.717, 1.165) is 35.9 Å². The van der Waals surface area contributed by atoms with Crippen LogP contribution < -0.4 is 16.0 Å². The van der Waals surface area contributed by atoms with Crippen molar-refractivity contribution < 1.29 is 19.2 Å². The third-order valence-corrected chi connectivity index (χ3v) is 6.30. The largest absolute Gasteiger partial charge is 0.317 e. The maximum absolute atomic E-state index is 12.9. The number of hydrogen-bond donors (Lipinski definition) is 3. The topological polar surface area (TPSA) is 108 Å². The molecular weight excluding hydrogens is 384 g/mol. The van der Waals surface area contributed by atoms with E-state index in [-0.39, 0.29) is 18.7 Å². The van der Waals surface area contributed by atoms with E-state index in [1.165, 1.54) is 12.8 Å². The molecule has 0 radical (unpaired) electrons. The van der Waals surface area contributed by atoms with Crippen LogP contribution in [0.25, 0.3) is 0 Å². The minimum atomic E-state index is -0.929. The number of amides is 4. The Balaban J connectivity index is 1.40. The summed E-state index contributed by atoms with van der Waals surface area (Å²) in [4.78, 5) is 50.2. The molecule has 0 bridgehead atoms. The molecule has 8 nitrogen and oxygen atoms in total. The highest BCUT2D eigenvalue weighted by Crippen LogP contribution is 2.28. The first-order chi connectivity index (χ1) is 14.4. The van der Waals surface area contributed by atoms with E-state index >= 15 is 0 Å². The predicted octanol–water partition coefficient (Wildman–Crippen LogP) is 0.956. The molecule has 160 valence electrons. The molecule has 3 N–H and O–H groups in total. The van der Waals surface area contributed by atoms with Gasteiger partial charge in [-0.3, -0.25) is 29.4 Å². The van der Waals surface area contributed by atoms with Crippen LogP contribution in [0.5, 0.6) is 0 Å². The maximum Gasteiger partial charge on any atom is 0.262 e. The van der Waals surface area contributed by atoms with Crippen molar-refractivity contribution >= 4 is 23.6 Å². The number of rotatable bonds is 6. The summed E-state index contributed by atoms with van der Waals surface area (Å²) >= 11 is 0. The molecular formula is C22H28N4O4. The number of imide groups is 2. The maximum atomic E-state index is 12.9. The molecule has 1 aromatic rings. The van der Waals surface area contributed by atoms with Gasteiger partial charge < -0.3 is 10.6 Å². The first-order valence-corrected chi connectivity index (χ1v) is 10.7. The molecule has 3 aliphatic heterocycles. The minimum absolute atomic E-state index is 0.119. The van der Waals surface area contributed by atoms with Crippen molar-refractivity contribution in [3.8, 4) is 0 Å². The van der Waals surface area contributed by atoms with Crippen molar-refractivity contribution in [3.05, 3.63) is 34.9 Å². The van der Waals surface area contributed by atoms with Gasteiger partial charge in [0.15, 0.2) is 0 Å². The van der Waals surface area contributed by atoms with Gasteiger partial charge in [-0.15, -0.1) is 0 Å². The quantitative estimate of drug-likeness (QED) is 0.601. The van der Waals surface area contributed by atoms with Crippen LogP contribution in [0.2, 0.25) is 0 Å². The van der Waals surface area contributed by atoms with Gasteiger partial charge in [0.2, 0.25) is 11.8 Å². The van der Waals surface area contributed by atoms with Crippen LogP contribution in [-0.4, -0.2) is 53.7 Å². The fourth-order valence-corrected chi connectivity index (χ4v) is 4.62. The van der Waals surface area contributed by atoms with E-state index in [9.17, 15) is 19.2 Å². The van der Waals surface area contributed by atoms with Crippen LogP contribution in [0.1, 0.15) is 65.3 Å². The van der Waals surface area contributed by atoms with Crippen molar-refractivity contribution in [1.82, 2.24) is 20.9 Å². The number of benzene rings is 1. The highest BCUT2D eigenvalue weighted by molar-refractivity contribution is 6.23. The molecule has 2 atom stereocenters. The van der Waals surface area contributed by atoms with E-state index in [2.05, 4.69) is 22.9 Å². The summed E-state index contributed by atoms with van der Waals surface area (Å²) in [5, 5.41) is 9.12. The number of piperidine rings is 2. The molecule has 0 spiro atoms. The highest BCUT2D eigenvalue weighted by Gasteiger charge is 2.44. The molecule has 8 heteroatoms. The SMILES string of the molecule is CC(CC1CCNCC1)NCc1ccc2c(c1)C(=O)N(C1CCC(=O)NC1=O)C2=O. The summed E-state index contributed by atoms with van der Waals surface area (Å²) in [6.45, 7) is 4.96. The van der Waals surface area contributed by atoms with Crippen LogP contribution >= 0.6 is 0 Å². The number of carbonyl (C=O) groups is 4. The van der Waals surface area contributed by atoms with Crippen LogP contribution in [0.4, 0.5) is 0 Å². The predicted molar refractivity (Wildman–Crippen MR) is 110 cm³/mol. The van der Waals surface area contributed by atoms with Crippen molar-refractivity contribution in [2.45, 2.75) is 57.7 Å². The molecule has 0 aliphatic carbocycles. The number of carbonyl (C=O) groups excluding carboxylic acids is 4. The lowest BCUT2D eigenvalue weighted by molar-refractivity contribution is -0.136. The van der Waals surface area contributed by atoms with Crippen LogP contribution in [0.15, 0.2) is 18.2 Å². The zero-order valence-corrected chi connectivity index (χ0v) is 17.2. The lowest BCUT2D eigenvalue weighted by atomic mass is 9.91. The van der Waals surface area contributed by atoms with Crippen molar-refractivity contribution in [2.75, 3.05) is 13.1 Å². The number of nitrogens with one attached hydrogen (secondary N) is 3. The van der Waals surface area contributed by atoms with Crippen LogP contribution in [0.3, 0.4) is 0 Å². The Kier molecular flexibility index (Phi) is 5.97. The Morgan fingerprint density at radius 3 is 2.53 bits per heavy atom. The Labute approximate surface area is 175 Å². The van der Waals surface area contributed by atoms with E-state index < -0.39 is 23.8 Å². The van der Waals surface area contributed by atoms with E-state index in [1.54, 1.807) is 12.1 Å². The van der Waals surface area contributed by atoms with Gasteiger partial charge in [0, 0.05) is 19.0 Å². The van der Waals surface area contributed by atoms with Gasteiger partial charge >= 0.3 is 0 Å².